The van der Waals surface area contributed by atoms with Crippen molar-refractivity contribution in [2.75, 3.05) is 6.54 Å². The molecule has 0 radical (unpaired) electrons. The predicted octanol–water partition coefficient (Wildman–Crippen LogP) is 3.52. The van der Waals surface area contributed by atoms with Gasteiger partial charge in [0.25, 0.3) is 0 Å². The molecule has 6 heteroatoms. The third-order valence-corrected chi connectivity index (χ3v) is 5.87. The van der Waals surface area contributed by atoms with Gasteiger partial charge in [-0.05, 0) is 23.4 Å². The Morgan fingerprint density at radius 1 is 1.35 bits per heavy atom. The Labute approximate surface area is 125 Å². The third-order valence-electron chi connectivity index (χ3n) is 3.78. The number of fused-ring (bicyclic) bond motifs is 2. The van der Waals surface area contributed by atoms with E-state index in [1.165, 1.54) is 14.3 Å². The van der Waals surface area contributed by atoms with Crippen LogP contribution in [0.4, 0.5) is 0 Å². The highest BCUT2D eigenvalue weighted by Crippen LogP contribution is 2.37. The highest BCUT2D eigenvalue weighted by molar-refractivity contribution is 7.28. The lowest BCUT2D eigenvalue weighted by molar-refractivity contribution is 0.339. The highest BCUT2D eigenvalue weighted by atomic mass is 32.1. The van der Waals surface area contributed by atoms with Crippen LogP contribution in [0.3, 0.4) is 0 Å². The van der Waals surface area contributed by atoms with Crippen molar-refractivity contribution in [2.24, 2.45) is 5.92 Å². The molecule has 1 atom stereocenters. The van der Waals surface area contributed by atoms with Gasteiger partial charge in [0.1, 0.15) is 0 Å². The molecule has 1 unspecified atom stereocenters. The molecule has 0 amide bonds. The highest BCUT2D eigenvalue weighted by Gasteiger charge is 2.27. The van der Waals surface area contributed by atoms with Crippen LogP contribution in [0.1, 0.15) is 25.7 Å². The van der Waals surface area contributed by atoms with E-state index in [0.717, 1.165) is 24.7 Å². The van der Waals surface area contributed by atoms with E-state index in [0.29, 0.717) is 12.0 Å². The smallest absolute Gasteiger partial charge is 0.174 e. The third kappa shape index (κ3) is 1.82. The SMILES string of the molecule is CC(C)C1NCCn2c(-c3cc4sccc4s3)nnc21. The molecule has 1 aliphatic rings. The number of aromatic nitrogens is 3. The van der Waals surface area contributed by atoms with Crippen molar-refractivity contribution in [1.29, 1.82) is 0 Å². The van der Waals surface area contributed by atoms with Crippen molar-refractivity contribution in [3.05, 3.63) is 23.3 Å². The van der Waals surface area contributed by atoms with Crippen LogP contribution in [0.2, 0.25) is 0 Å². The van der Waals surface area contributed by atoms with Crippen LogP contribution in [0.15, 0.2) is 17.5 Å². The van der Waals surface area contributed by atoms with Gasteiger partial charge in [0, 0.05) is 22.5 Å². The molecule has 0 saturated heterocycles. The maximum atomic E-state index is 4.46. The van der Waals surface area contributed by atoms with E-state index in [1.54, 1.807) is 11.3 Å². The molecule has 20 heavy (non-hydrogen) atoms. The summed E-state index contributed by atoms with van der Waals surface area (Å²) >= 11 is 3.60. The van der Waals surface area contributed by atoms with E-state index in [1.807, 2.05) is 11.3 Å². The van der Waals surface area contributed by atoms with E-state index in [9.17, 15) is 0 Å². The van der Waals surface area contributed by atoms with Crippen molar-refractivity contribution >= 4 is 32.1 Å². The summed E-state index contributed by atoms with van der Waals surface area (Å²) in [6.45, 7) is 6.39. The first-order valence-electron chi connectivity index (χ1n) is 6.88. The molecule has 4 heterocycles. The number of hydrogen-bond acceptors (Lipinski definition) is 5. The fraction of sp³-hybridized carbons (Fsp3) is 0.429. The van der Waals surface area contributed by atoms with Crippen molar-refractivity contribution in [1.82, 2.24) is 20.1 Å². The van der Waals surface area contributed by atoms with Gasteiger partial charge in [-0.1, -0.05) is 13.8 Å². The summed E-state index contributed by atoms with van der Waals surface area (Å²) in [5.74, 6) is 2.64. The zero-order valence-corrected chi connectivity index (χ0v) is 13.1. The maximum Gasteiger partial charge on any atom is 0.174 e. The fourth-order valence-corrected chi connectivity index (χ4v) is 4.88. The zero-order chi connectivity index (χ0) is 13.7. The summed E-state index contributed by atoms with van der Waals surface area (Å²) in [5.41, 5.74) is 0. The number of hydrogen-bond donors (Lipinski definition) is 1. The van der Waals surface area contributed by atoms with Gasteiger partial charge in [0.2, 0.25) is 0 Å². The van der Waals surface area contributed by atoms with Gasteiger partial charge in [0.05, 0.1) is 10.9 Å². The number of rotatable bonds is 2. The van der Waals surface area contributed by atoms with Gasteiger partial charge >= 0.3 is 0 Å². The van der Waals surface area contributed by atoms with E-state index in [4.69, 9.17) is 0 Å². The van der Waals surface area contributed by atoms with Crippen molar-refractivity contribution in [2.45, 2.75) is 26.4 Å². The Hall–Kier alpha value is -1.24. The molecule has 3 aromatic rings. The second kappa shape index (κ2) is 4.65. The van der Waals surface area contributed by atoms with E-state index in [-0.39, 0.29) is 0 Å². The van der Waals surface area contributed by atoms with Crippen LogP contribution < -0.4 is 5.32 Å². The fourth-order valence-electron chi connectivity index (χ4n) is 2.78. The minimum Gasteiger partial charge on any atom is -0.308 e. The molecular formula is C14H16N4S2. The topological polar surface area (TPSA) is 42.7 Å². The number of thiophene rings is 2. The lowest BCUT2D eigenvalue weighted by Gasteiger charge is -2.27. The van der Waals surface area contributed by atoms with Gasteiger partial charge in [0.15, 0.2) is 11.6 Å². The average Bonchev–Trinajstić information content (AvgIpc) is 3.10. The summed E-state index contributed by atoms with van der Waals surface area (Å²) in [6.07, 6.45) is 0. The van der Waals surface area contributed by atoms with Crippen LogP contribution in [-0.2, 0) is 6.54 Å². The Bertz CT molecular complexity index is 724. The van der Waals surface area contributed by atoms with E-state index >= 15 is 0 Å². The number of nitrogens with one attached hydrogen (secondary N) is 1. The van der Waals surface area contributed by atoms with Gasteiger partial charge in [-0.15, -0.1) is 32.9 Å². The summed E-state index contributed by atoms with van der Waals surface area (Å²) in [7, 11) is 0. The Morgan fingerprint density at radius 2 is 2.25 bits per heavy atom. The summed E-state index contributed by atoms with van der Waals surface area (Å²) in [4.78, 5) is 1.23. The van der Waals surface area contributed by atoms with Crippen molar-refractivity contribution < 1.29 is 0 Å². The van der Waals surface area contributed by atoms with Crippen molar-refractivity contribution in [3.8, 4) is 10.7 Å². The lowest BCUT2D eigenvalue weighted by atomic mass is 10.0. The van der Waals surface area contributed by atoms with Gasteiger partial charge in [-0.25, -0.2) is 0 Å². The predicted molar refractivity (Wildman–Crippen MR) is 84.3 cm³/mol. The van der Waals surface area contributed by atoms with Gasteiger partial charge < -0.3 is 9.88 Å². The maximum absolute atomic E-state index is 4.46. The van der Waals surface area contributed by atoms with Gasteiger partial charge in [-0.2, -0.15) is 0 Å². The lowest BCUT2D eigenvalue weighted by Crippen LogP contribution is -2.36. The zero-order valence-electron chi connectivity index (χ0n) is 11.5. The molecule has 0 saturated carbocycles. The monoisotopic (exact) mass is 304 g/mol. The first-order chi connectivity index (χ1) is 9.74. The van der Waals surface area contributed by atoms with Crippen LogP contribution in [0, 0.1) is 5.92 Å². The van der Waals surface area contributed by atoms with Crippen LogP contribution >= 0.6 is 22.7 Å². The minimum atomic E-state index is 0.311. The second-order valence-electron chi connectivity index (χ2n) is 5.47. The molecule has 0 fully saturated rings. The largest absolute Gasteiger partial charge is 0.308 e. The first kappa shape index (κ1) is 12.5. The standard InChI is InChI=1S/C14H16N4S2/c1-8(2)12-14-17-16-13(18(14)5-4-15-12)11-7-10-9(20-11)3-6-19-10/h3,6-8,12,15H,4-5H2,1-2H3. The first-order valence-corrected chi connectivity index (χ1v) is 8.57. The molecule has 0 aromatic carbocycles. The Kier molecular flexibility index (Phi) is 2.90. The average molecular weight is 304 g/mol. The molecular weight excluding hydrogens is 288 g/mol. The minimum absolute atomic E-state index is 0.311. The van der Waals surface area contributed by atoms with E-state index < -0.39 is 0 Å². The second-order valence-corrected chi connectivity index (χ2v) is 7.50. The van der Waals surface area contributed by atoms with E-state index in [2.05, 4.69) is 51.4 Å². The summed E-state index contributed by atoms with van der Waals surface area (Å²) in [6, 6.07) is 4.74. The quantitative estimate of drug-likeness (QED) is 0.787. The molecule has 4 rings (SSSR count). The molecule has 0 aliphatic carbocycles. The van der Waals surface area contributed by atoms with Crippen LogP contribution in [-0.4, -0.2) is 21.3 Å². The molecule has 1 N–H and O–H groups in total. The molecule has 0 spiro atoms. The Morgan fingerprint density at radius 3 is 3.05 bits per heavy atom. The molecule has 0 bridgehead atoms. The van der Waals surface area contributed by atoms with Crippen molar-refractivity contribution in [3.63, 3.8) is 0 Å². The Balaban J connectivity index is 1.82. The molecule has 3 aromatic heterocycles. The molecule has 4 nitrogen and oxygen atoms in total. The molecule has 104 valence electrons. The van der Waals surface area contributed by atoms with Gasteiger partial charge in [-0.3, -0.25) is 0 Å². The summed E-state index contributed by atoms with van der Waals surface area (Å²) < 4.78 is 4.98. The number of nitrogens with zero attached hydrogens (tertiary/aromatic N) is 3. The van der Waals surface area contributed by atoms with Crippen LogP contribution in [0.25, 0.3) is 20.1 Å². The molecule has 1 aliphatic heterocycles. The van der Waals surface area contributed by atoms with Crippen LogP contribution in [0.5, 0.6) is 0 Å². The summed E-state index contributed by atoms with van der Waals surface area (Å²) in [5, 5.41) is 14.6. The normalized spacial score (nSPS) is 18.9.